The van der Waals surface area contributed by atoms with Gasteiger partial charge in [-0.05, 0) is 45.5 Å². The Bertz CT molecular complexity index is 936. The van der Waals surface area contributed by atoms with Crippen molar-refractivity contribution in [1.29, 1.82) is 0 Å². The van der Waals surface area contributed by atoms with E-state index in [0.29, 0.717) is 5.11 Å². The lowest BCUT2D eigenvalue weighted by atomic mass is 10.1. The van der Waals surface area contributed by atoms with E-state index in [1.54, 1.807) is 10.9 Å². The fourth-order valence-electron chi connectivity index (χ4n) is 2.79. The highest BCUT2D eigenvalue weighted by Crippen LogP contribution is 2.21. The van der Waals surface area contributed by atoms with E-state index in [-0.39, 0.29) is 0 Å². The molecule has 0 aliphatic rings. The summed E-state index contributed by atoms with van der Waals surface area (Å²) in [6, 6.07) is 8.51. The summed E-state index contributed by atoms with van der Waals surface area (Å²) >= 11 is 5.46. The third-order valence-corrected chi connectivity index (χ3v) is 4.76. The van der Waals surface area contributed by atoms with Crippen LogP contribution in [0.5, 0.6) is 0 Å². The molecular formula is C19H24N6S. The zero-order chi connectivity index (χ0) is 18.8. The third kappa shape index (κ3) is 3.77. The zero-order valence-electron chi connectivity index (χ0n) is 15.8. The van der Waals surface area contributed by atoms with Crippen molar-refractivity contribution in [2.75, 3.05) is 10.6 Å². The second kappa shape index (κ2) is 7.29. The molecule has 3 rings (SSSR count). The SMILES string of the molecule is Cc1ccc(Cn2nc(C)c(NC(=S)Nc3cnn(C)c3C)c2C)cc1. The number of hydrogen-bond donors (Lipinski definition) is 2. The second-order valence-electron chi connectivity index (χ2n) is 6.54. The van der Waals surface area contributed by atoms with Crippen LogP contribution >= 0.6 is 12.2 Å². The van der Waals surface area contributed by atoms with E-state index in [2.05, 4.69) is 58.9 Å². The maximum atomic E-state index is 5.46. The largest absolute Gasteiger partial charge is 0.330 e. The summed E-state index contributed by atoms with van der Waals surface area (Å²) in [6.45, 7) is 8.85. The van der Waals surface area contributed by atoms with Gasteiger partial charge in [0.05, 0.1) is 41.2 Å². The van der Waals surface area contributed by atoms with Crippen molar-refractivity contribution in [3.63, 3.8) is 0 Å². The van der Waals surface area contributed by atoms with Crippen LogP contribution in [0.3, 0.4) is 0 Å². The lowest BCUT2D eigenvalue weighted by molar-refractivity contribution is 0.659. The molecule has 2 aromatic heterocycles. The number of rotatable bonds is 4. The number of hydrogen-bond acceptors (Lipinski definition) is 3. The van der Waals surface area contributed by atoms with Gasteiger partial charge in [0.1, 0.15) is 0 Å². The van der Waals surface area contributed by atoms with E-state index in [1.165, 1.54) is 11.1 Å². The smallest absolute Gasteiger partial charge is 0.175 e. The van der Waals surface area contributed by atoms with Crippen molar-refractivity contribution in [2.45, 2.75) is 34.2 Å². The van der Waals surface area contributed by atoms with E-state index in [0.717, 1.165) is 35.0 Å². The summed E-state index contributed by atoms with van der Waals surface area (Å²) in [5.74, 6) is 0. The summed E-state index contributed by atoms with van der Waals surface area (Å²) in [6.07, 6.45) is 1.77. The average molecular weight is 369 g/mol. The lowest BCUT2D eigenvalue weighted by Crippen LogP contribution is -2.20. The number of aromatic nitrogens is 4. The van der Waals surface area contributed by atoms with Crippen LogP contribution in [-0.2, 0) is 13.6 Å². The normalized spacial score (nSPS) is 10.8. The van der Waals surface area contributed by atoms with Gasteiger partial charge in [-0.15, -0.1) is 0 Å². The highest BCUT2D eigenvalue weighted by Gasteiger charge is 2.14. The number of anilines is 2. The van der Waals surface area contributed by atoms with Crippen LogP contribution < -0.4 is 10.6 Å². The van der Waals surface area contributed by atoms with Crippen LogP contribution in [0.4, 0.5) is 11.4 Å². The van der Waals surface area contributed by atoms with Gasteiger partial charge in [0.15, 0.2) is 5.11 Å². The van der Waals surface area contributed by atoms with Crippen molar-refractivity contribution in [1.82, 2.24) is 19.6 Å². The molecule has 1 aromatic carbocycles. The summed E-state index contributed by atoms with van der Waals surface area (Å²) < 4.78 is 3.81. The molecule has 0 unspecified atom stereocenters. The standard InChI is InChI=1S/C19H24N6S/c1-12-6-8-16(9-7-12)11-25-15(4)18(13(2)23-25)22-19(26)21-17-10-20-24(5)14(17)3/h6-10H,11H2,1-5H3,(H2,21,22,26). The molecule has 2 heterocycles. The highest BCUT2D eigenvalue weighted by atomic mass is 32.1. The van der Waals surface area contributed by atoms with Crippen LogP contribution in [-0.4, -0.2) is 24.7 Å². The molecular weight excluding hydrogens is 344 g/mol. The quantitative estimate of drug-likeness (QED) is 0.688. The molecule has 26 heavy (non-hydrogen) atoms. The Morgan fingerprint density at radius 2 is 1.73 bits per heavy atom. The number of benzene rings is 1. The first-order chi connectivity index (χ1) is 12.3. The topological polar surface area (TPSA) is 59.7 Å². The van der Waals surface area contributed by atoms with Crippen molar-refractivity contribution in [3.8, 4) is 0 Å². The molecule has 7 heteroatoms. The molecule has 0 saturated heterocycles. The fraction of sp³-hybridized carbons (Fsp3) is 0.316. The van der Waals surface area contributed by atoms with E-state index in [1.807, 2.05) is 25.6 Å². The molecule has 0 aliphatic heterocycles. The molecule has 0 atom stereocenters. The molecule has 136 valence electrons. The van der Waals surface area contributed by atoms with E-state index < -0.39 is 0 Å². The van der Waals surface area contributed by atoms with Gasteiger partial charge < -0.3 is 10.6 Å². The maximum absolute atomic E-state index is 5.46. The maximum Gasteiger partial charge on any atom is 0.175 e. The van der Waals surface area contributed by atoms with Gasteiger partial charge in [0.2, 0.25) is 0 Å². The predicted octanol–water partition coefficient (Wildman–Crippen LogP) is 3.71. The van der Waals surface area contributed by atoms with Gasteiger partial charge in [-0.2, -0.15) is 10.2 Å². The lowest BCUT2D eigenvalue weighted by Gasteiger charge is -2.11. The second-order valence-corrected chi connectivity index (χ2v) is 6.94. The Morgan fingerprint density at radius 1 is 1.04 bits per heavy atom. The number of thiocarbonyl (C=S) groups is 1. The van der Waals surface area contributed by atoms with E-state index in [4.69, 9.17) is 12.2 Å². The van der Waals surface area contributed by atoms with E-state index in [9.17, 15) is 0 Å². The van der Waals surface area contributed by atoms with Crippen LogP contribution in [0.1, 0.15) is 28.2 Å². The minimum Gasteiger partial charge on any atom is -0.330 e. The third-order valence-electron chi connectivity index (χ3n) is 4.56. The number of aryl methyl sites for hydroxylation is 3. The minimum absolute atomic E-state index is 0.530. The first-order valence-corrected chi connectivity index (χ1v) is 8.92. The Balaban J connectivity index is 1.74. The summed E-state index contributed by atoms with van der Waals surface area (Å²) in [7, 11) is 1.90. The van der Waals surface area contributed by atoms with Gasteiger partial charge in [-0.1, -0.05) is 29.8 Å². The van der Waals surface area contributed by atoms with Gasteiger partial charge in [0.25, 0.3) is 0 Å². The molecule has 0 fully saturated rings. The number of nitrogens with one attached hydrogen (secondary N) is 2. The molecule has 6 nitrogen and oxygen atoms in total. The Morgan fingerprint density at radius 3 is 2.35 bits per heavy atom. The van der Waals surface area contributed by atoms with Crippen molar-refractivity contribution in [2.24, 2.45) is 7.05 Å². The van der Waals surface area contributed by atoms with Crippen molar-refractivity contribution >= 4 is 28.7 Å². The number of nitrogens with zero attached hydrogens (tertiary/aromatic N) is 4. The Kier molecular flexibility index (Phi) is 5.08. The Labute approximate surface area is 159 Å². The summed E-state index contributed by atoms with van der Waals surface area (Å²) in [5, 5.41) is 15.9. The van der Waals surface area contributed by atoms with Gasteiger partial charge in [-0.25, -0.2) is 0 Å². The molecule has 0 bridgehead atoms. The molecule has 3 aromatic rings. The molecule has 2 N–H and O–H groups in total. The predicted molar refractivity (Wildman–Crippen MR) is 110 cm³/mol. The van der Waals surface area contributed by atoms with Crippen LogP contribution in [0.15, 0.2) is 30.5 Å². The highest BCUT2D eigenvalue weighted by molar-refractivity contribution is 7.80. The summed E-state index contributed by atoms with van der Waals surface area (Å²) in [4.78, 5) is 0. The first-order valence-electron chi connectivity index (χ1n) is 8.51. The zero-order valence-corrected chi connectivity index (χ0v) is 16.6. The van der Waals surface area contributed by atoms with Crippen LogP contribution in [0.25, 0.3) is 0 Å². The summed E-state index contributed by atoms with van der Waals surface area (Å²) in [5.41, 5.74) is 7.31. The van der Waals surface area contributed by atoms with Crippen LogP contribution in [0.2, 0.25) is 0 Å². The molecule has 0 amide bonds. The van der Waals surface area contributed by atoms with Gasteiger partial charge in [0, 0.05) is 7.05 Å². The fourth-order valence-corrected chi connectivity index (χ4v) is 3.00. The van der Waals surface area contributed by atoms with Gasteiger partial charge in [-0.3, -0.25) is 9.36 Å². The Hall–Kier alpha value is -2.67. The van der Waals surface area contributed by atoms with Gasteiger partial charge >= 0.3 is 0 Å². The van der Waals surface area contributed by atoms with Crippen LogP contribution in [0, 0.1) is 27.7 Å². The monoisotopic (exact) mass is 368 g/mol. The first kappa shape index (κ1) is 18.1. The molecule has 0 spiro atoms. The van der Waals surface area contributed by atoms with Crippen molar-refractivity contribution < 1.29 is 0 Å². The van der Waals surface area contributed by atoms with E-state index >= 15 is 0 Å². The molecule has 0 radical (unpaired) electrons. The minimum atomic E-state index is 0.530. The average Bonchev–Trinajstić information content (AvgIpc) is 3.05. The van der Waals surface area contributed by atoms with Crippen molar-refractivity contribution in [3.05, 3.63) is 58.7 Å². The molecule has 0 aliphatic carbocycles. The molecule has 0 saturated carbocycles.